The van der Waals surface area contributed by atoms with Crippen molar-refractivity contribution in [3.05, 3.63) is 48.2 Å². The lowest BCUT2D eigenvalue weighted by Crippen LogP contribution is -2.43. The Hall–Kier alpha value is -2.97. The van der Waals surface area contributed by atoms with Crippen LogP contribution in [-0.2, 0) is 11.3 Å². The lowest BCUT2D eigenvalue weighted by atomic mass is 10.2. The highest BCUT2D eigenvalue weighted by atomic mass is 19.4. The molecule has 2 aromatic rings. The maximum absolute atomic E-state index is 12.3. The molecule has 1 aromatic heterocycles. The molecule has 0 spiro atoms. The van der Waals surface area contributed by atoms with E-state index in [-0.39, 0.29) is 19.0 Å². The number of aromatic nitrogens is 1. The Morgan fingerprint density at radius 3 is 2.77 bits per heavy atom. The van der Waals surface area contributed by atoms with Gasteiger partial charge in [0.05, 0.1) is 0 Å². The van der Waals surface area contributed by atoms with Crippen molar-refractivity contribution in [2.24, 2.45) is 0 Å². The number of nitrogens with zero attached hydrogens (tertiary/aromatic N) is 1. The quantitative estimate of drug-likeness (QED) is 0.878. The van der Waals surface area contributed by atoms with Crippen molar-refractivity contribution in [1.82, 2.24) is 10.3 Å². The van der Waals surface area contributed by atoms with Gasteiger partial charge in [0.2, 0.25) is 12.0 Å². The summed E-state index contributed by atoms with van der Waals surface area (Å²) in [4.78, 5) is 16.0. The molecule has 1 unspecified atom stereocenters. The molecule has 26 heavy (non-hydrogen) atoms. The fraction of sp³-hybridized carbons (Fsp3) is 0.294. The van der Waals surface area contributed by atoms with Gasteiger partial charge in [-0.05, 0) is 18.2 Å². The number of pyridine rings is 1. The summed E-state index contributed by atoms with van der Waals surface area (Å²) in [6, 6.07) is 10.0. The molecule has 1 aromatic carbocycles. The highest BCUT2D eigenvalue weighted by Crippen LogP contribution is 2.30. The monoisotopic (exact) mass is 368 g/mol. The molecule has 1 aliphatic rings. The molecule has 0 bridgehead atoms. The molecule has 0 fully saturated rings. The molecular weight excluding hydrogens is 353 g/mol. The van der Waals surface area contributed by atoms with Crippen molar-refractivity contribution in [2.75, 3.05) is 13.2 Å². The topological polar surface area (TPSA) is 69.7 Å². The first-order valence-electron chi connectivity index (χ1n) is 7.72. The third-order valence-corrected chi connectivity index (χ3v) is 3.48. The van der Waals surface area contributed by atoms with Crippen LogP contribution < -0.4 is 19.5 Å². The third-order valence-electron chi connectivity index (χ3n) is 3.48. The van der Waals surface area contributed by atoms with Crippen molar-refractivity contribution in [3.63, 3.8) is 0 Å². The molecule has 2 heterocycles. The molecule has 3 rings (SSSR count). The summed E-state index contributed by atoms with van der Waals surface area (Å²) in [5.74, 6) is 0.363. The maximum atomic E-state index is 12.3. The van der Waals surface area contributed by atoms with E-state index in [1.807, 2.05) is 0 Å². The Morgan fingerprint density at radius 2 is 2.00 bits per heavy atom. The van der Waals surface area contributed by atoms with E-state index < -0.39 is 24.8 Å². The van der Waals surface area contributed by atoms with E-state index in [0.29, 0.717) is 17.1 Å². The van der Waals surface area contributed by atoms with Gasteiger partial charge >= 0.3 is 6.18 Å². The second-order valence-corrected chi connectivity index (χ2v) is 5.45. The minimum atomic E-state index is -4.47. The molecule has 1 N–H and O–H groups in total. The normalized spacial score (nSPS) is 16.0. The van der Waals surface area contributed by atoms with E-state index in [9.17, 15) is 18.0 Å². The zero-order chi connectivity index (χ0) is 18.6. The highest BCUT2D eigenvalue weighted by molar-refractivity contribution is 5.81. The van der Waals surface area contributed by atoms with Crippen molar-refractivity contribution in [1.29, 1.82) is 0 Å². The fourth-order valence-electron chi connectivity index (χ4n) is 2.28. The Balaban J connectivity index is 1.58. The number of carbonyl (C=O) groups is 1. The van der Waals surface area contributed by atoms with Gasteiger partial charge in [0.15, 0.2) is 18.1 Å². The lowest BCUT2D eigenvalue weighted by molar-refractivity contribution is -0.154. The van der Waals surface area contributed by atoms with Crippen molar-refractivity contribution in [3.8, 4) is 17.4 Å². The number of rotatable bonds is 5. The third kappa shape index (κ3) is 4.56. The fourth-order valence-corrected chi connectivity index (χ4v) is 2.28. The largest absolute Gasteiger partial charge is 0.485 e. The predicted octanol–water partition coefficient (Wildman–Crippen LogP) is 2.48. The van der Waals surface area contributed by atoms with Gasteiger partial charge in [0.1, 0.15) is 6.61 Å². The van der Waals surface area contributed by atoms with Crippen LogP contribution in [0.4, 0.5) is 13.2 Å². The van der Waals surface area contributed by atoms with Crippen molar-refractivity contribution >= 4 is 5.91 Å². The predicted molar refractivity (Wildman–Crippen MR) is 84.0 cm³/mol. The van der Waals surface area contributed by atoms with Crippen LogP contribution in [0, 0.1) is 0 Å². The number of amides is 1. The van der Waals surface area contributed by atoms with Gasteiger partial charge in [-0.25, -0.2) is 4.98 Å². The van der Waals surface area contributed by atoms with Crippen LogP contribution in [0.2, 0.25) is 0 Å². The Labute approximate surface area is 146 Å². The lowest BCUT2D eigenvalue weighted by Gasteiger charge is -2.25. The van der Waals surface area contributed by atoms with E-state index in [1.165, 1.54) is 12.3 Å². The number of fused-ring (bicyclic) bond motifs is 1. The molecule has 9 heteroatoms. The van der Waals surface area contributed by atoms with Crippen LogP contribution in [0.25, 0.3) is 0 Å². The number of halogens is 3. The molecule has 1 atom stereocenters. The molecule has 1 aliphatic heterocycles. The minimum absolute atomic E-state index is 0.0350. The zero-order valence-electron chi connectivity index (χ0n) is 13.5. The number of para-hydroxylation sites is 2. The number of carbonyl (C=O) groups excluding carboxylic acids is 1. The summed E-state index contributed by atoms with van der Waals surface area (Å²) in [7, 11) is 0. The first-order valence-corrected chi connectivity index (χ1v) is 7.72. The Bertz CT molecular complexity index is 783. The SMILES string of the molecule is O=C(NCc1cccnc1OCC(F)(F)F)C1COc2ccccc2O1. The van der Waals surface area contributed by atoms with Gasteiger partial charge < -0.3 is 19.5 Å². The second kappa shape index (κ2) is 7.51. The minimum Gasteiger partial charge on any atom is -0.485 e. The summed E-state index contributed by atoms with van der Waals surface area (Å²) >= 11 is 0. The van der Waals surface area contributed by atoms with Crippen LogP contribution in [0.5, 0.6) is 17.4 Å². The number of alkyl halides is 3. The summed E-state index contributed by atoms with van der Waals surface area (Å²) in [6.45, 7) is -1.48. The second-order valence-electron chi connectivity index (χ2n) is 5.45. The summed E-state index contributed by atoms with van der Waals surface area (Å²) < 4.78 is 52.6. The first-order chi connectivity index (χ1) is 12.4. The number of hydrogen-bond acceptors (Lipinski definition) is 5. The molecule has 138 valence electrons. The standard InChI is InChI=1S/C17H15F3N2O4/c18-17(19,20)10-25-16-11(4-3-7-21-16)8-22-15(23)14-9-24-12-5-1-2-6-13(12)26-14/h1-7,14H,8-10H2,(H,22,23). The number of hydrogen-bond donors (Lipinski definition) is 1. The van der Waals surface area contributed by atoms with Gasteiger partial charge in [0, 0.05) is 18.3 Å². The van der Waals surface area contributed by atoms with Gasteiger partial charge in [-0.15, -0.1) is 0 Å². The maximum Gasteiger partial charge on any atom is 0.422 e. The number of ether oxygens (including phenoxy) is 3. The van der Waals surface area contributed by atoms with E-state index in [1.54, 1.807) is 30.3 Å². The molecule has 0 radical (unpaired) electrons. The molecule has 0 saturated carbocycles. The van der Waals surface area contributed by atoms with E-state index in [2.05, 4.69) is 15.0 Å². The average molecular weight is 368 g/mol. The summed E-state index contributed by atoms with van der Waals surface area (Å²) in [5, 5.41) is 2.59. The molecular formula is C17H15F3N2O4. The van der Waals surface area contributed by atoms with E-state index in [4.69, 9.17) is 9.47 Å². The Kier molecular flexibility index (Phi) is 5.15. The van der Waals surface area contributed by atoms with Gasteiger partial charge in [-0.1, -0.05) is 18.2 Å². The molecule has 0 saturated heterocycles. The smallest absolute Gasteiger partial charge is 0.422 e. The molecule has 6 nitrogen and oxygen atoms in total. The zero-order valence-corrected chi connectivity index (χ0v) is 13.5. The molecule has 1 amide bonds. The van der Waals surface area contributed by atoms with Crippen LogP contribution in [0.15, 0.2) is 42.6 Å². The molecule has 0 aliphatic carbocycles. The van der Waals surface area contributed by atoms with Gasteiger partial charge in [0.25, 0.3) is 5.91 Å². The first kappa shape index (κ1) is 17.8. The van der Waals surface area contributed by atoms with Crippen LogP contribution >= 0.6 is 0 Å². The van der Waals surface area contributed by atoms with E-state index >= 15 is 0 Å². The van der Waals surface area contributed by atoms with E-state index in [0.717, 1.165) is 0 Å². The van der Waals surface area contributed by atoms with Gasteiger partial charge in [-0.3, -0.25) is 4.79 Å². The average Bonchev–Trinajstić information content (AvgIpc) is 2.64. The highest BCUT2D eigenvalue weighted by Gasteiger charge is 2.30. The number of benzene rings is 1. The van der Waals surface area contributed by atoms with Crippen LogP contribution in [-0.4, -0.2) is 36.4 Å². The van der Waals surface area contributed by atoms with Crippen molar-refractivity contribution in [2.45, 2.75) is 18.8 Å². The van der Waals surface area contributed by atoms with Crippen LogP contribution in [0.1, 0.15) is 5.56 Å². The van der Waals surface area contributed by atoms with Crippen molar-refractivity contribution < 1.29 is 32.2 Å². The number of nitrogens with one attached hydrogen (secondary N) is 1. The summed E-state index contributed by atoms with van der Waals surface area (Å²) in [6.07, 6.45) is -4.02. The van der Waals surface area contributed by atoms with Gasteiger partial charge in [-0.2, -0.15) is 13.2 Å². The van der Waals surface area contributed by atoms with Crippen LogP contribution in [0.3, 0.4) is 0 Å². The summed E-state index contributed by atoms with van der Waals surface area (Å²) in [5.41, 5.74) is 0.322. The Morgan fingerprint density at radius 1 is 1.23 bits per heavy atom.